The number of hydrogen-bond acceptors (Lipinski definition) is 2. The fraction of sp³-hybridized carbons (Fsp3) is 0.184. The average molecular weight is 675 g/mol. The Morgan fingerprint density at radius 1 is 0.615 bits per heavy atom. The molecular weight excluding hydrogens is 633 g/mol. The largest absolute Gasteiger partial charge is 0.304 e. The maximum absolute atomic E-state index is 14.3. The molecule has 3 aliphatic rings. The summed E-state index contributed by atoms with van der Waals surface area (Å²) in [5.41, 5.74) is 11.2. The smallest absolute Gasteiger partial charge is 0.186 e. The van der Waals surface area contributed by atoms with E-state index in [4.69, 9.17) is 4.98 Å². The fourth-order valence-electron chi connectivity index (χ4n) is 8.67. The first-order valence-electron chi connectivity index (χ1n) is 18.3. The molecule has 3 nitrogen and oxygen atoms in total. The minimum Gasteiger partial charge on any atom is -0.304 e. The van der Waals surface area contributed by atoms with E-state index in [9.17, 15) is 4.79 Å². The summed E-state index contributed by atoms with van der Waals surface area (Å²) < 4.78 is 2.54. The molecule has 0 radical (unpaired) electrons. The Hall–Kier alpha value is -5.80. The molecule has 3 heteroatoms. The molecule has 1 aliphatic heterocycles. The van der Waals surface area contributed by atoms with E-state index in [1.165, 1.54) is 27.5 Å². The number of ketones is 1. The van der Waals surface area contributed by atoms with Crippen LogP contribution in [0.2, 0.25) is 0 Å². The summed E-state index contributed by atoms with van der Waals surface area (Å²) in [6.45, 7) is 12.9. The van der Waals surface area contributed by atoms with Crippen LogP contribution in [-0.4, -0.2) is 15.3 Å². The van der Waals surface area contributed by atoms with Crippen LogP contribution in [0, 0.1) is 10.8 Å². The molecule has 1 aromatic heterocycles. The van der Waals surface area contributed by atoms with E-state index in [0.717, 1.165) is 56.2 Å². The Morgan fingerprint density at radius 3 is 1.88 bits per heavy atom. The SMILES string of the molecule is CC(C)(C)C1=CC(=C2C=Cc3ccccc3C23c2c(ccc4ccccc24)-c2nc(-c4ccccc4)c(-c4ccccc4)n23)C=C(C(C)(C)C)C1=O. The zero-order valence-electron chi connectivity index (χ0n) is 30.7. The molecule has 2 aliphatic carbocycles. The highest BCUT2D eigenvalue weighted by Gasteiger charge is 2.53. The van der Waals surface area contributed by atoms with Crippen molar-refractivity contribution < 1.29 is 4.79 Å². The molecule has 1 spiro atoms. The third kappa shape index (κ3) is 4.58. The average Bonchev–Trinajstić information content (AvgIpc) is 3.67. The van der Waals surface area contributed by atoms with Crippen molar-refractivity contribution in [1.82, 2.24) is 9.55 Å². The van der Waals surface area contributed by atoms with Crippen molar-refractivity contribution in [3.05, 3.63) is 179 Å². The van der Waals surface area contributed by atoms with Crippen LogP contribution in [0.25, 0.3) is 50.8 Å². The number of benzene rings is 5. The lowest BCUT2D eigenvalue weighted by Crippen LogP contribution is -2.39. The number of imidazole rings is 1. The van der Waals surface area contributed by atoms with Gasteiger partial charge in [0.1, 0.15) is 11.4 Å². The van der Waals surface area contributed by atoms with Gasteiger partial charge in [-0.25, -0.2) is 4.98 Å². The first-order valence-corrected chi connectivity index (χ1v) is 18.3. The Morgan fingerprint density at radius 2 is 1.21 bits per heavy atom. The molecule has 2 heterocycles. The molecule has 0 bridgehead atoms. The number of Topliss-reactive ketones (excluding diaryl/α,β-unsaturated/α-hetero) is 1. The third-order valence-corrected chi connectivity index (χ3v) is 11.0. The first kappa shape index (κ1) is 32.1. The number of carbonyl (C=O) groups excluding carboxylic acids is 1. The van der Waals surface area contributed by atoms with Crippen LogP contribution >= 0.6 is 0 Å². The summed E-state index contributed by atoms with van der Waals surface area (Å²) in [5.74, 6) is 1.07. The zero-order valence-corrected chi connectivity index (χ0v) is 30.7. The molecule has 1 unspecified atom stereocenters. The highest BCUT2D eigenvalue weighted by Crippen LogP contribution is 2.60. The van der Waals surface area contributed by atoms with E-state index in [2.05, 4.69) is 192 Å². The topological polar surface area (TPSA) is 34.9 Å². The molecule has 9 rings (SSSR count). The Kier molecular flexibility index (Phi) is 7.01. The number of aromatic nitrogens is 2. The summed E-state index contributed by atoms with van der Waals surface area (Å²) in [6.07, 6.45) is 8.95. The summed E-state index contributed by atoms with van der Waals surface area (Å²) in [4.78, 5) is 20.0. The van der Waals surface area contributed by atoms with Gasteiger partial charge in [0.2, 0.25) is 0 Å². The standard InChI is InChI=1S/C49H42N2O/c1-47(2,3)40-29-35(30-41(45(40)52)48(4,5)6)39-28-26-32-18-14-16-24-38(32)49(39)42-36-23-15-13-17-31(36)25-27-37(42)46-50-43(33-19-9-7-10-20-33)44(51(46)49)34-21-11-8-12-22-34/h7-30H,1-6H3. The summed E-state index contributed by atoms with van der Waals surface area (Å²) in [7, 11) is 0. The fourth-order valence-corrected chi connectivity index (χ4v) is 8.67. The minimum atomic E-state index is -0.823. The number of nitrogens with zero attached hydrogens (tertiary/aromatic N) is 2. The maximum atomic E-state index is 14.3. The van der Waals surface area contributed by atoms with E-state index in [0.29, 0.717) is 0 Å². The van der Waals surface area contributed by atoms with E-state index >= 15 is 0 Å². The van der Waals surface area contributed by atoms with Gasteiger partial charge in [-0.15, -0.1) is 0 Å². The van der Waals surface area contributed by atoms with Crippen molar-refractivity contribution in [3.8, 4) is 33.9 Å². The van der Waals surface area contributed by atoms with Gasteiger partial charge in [0.15, 0.2) is 5.78 Å². The van der Waals surface area contributed by atoms with E-state index < -0.39 is 5.54 Å². The molecule has 5 aromatic carbocycles. The van der Waals surface area contributed by atoms with Crippen molar-refractivity contribution in [2.45, 2.75) is 47.1 Å². The second kappa shape index (κ2) is 11.4. The van der Waals surface area contributed by atoms with Crippen LogP contribution in [-0.2, 0) is 10.3 Å². The molecule has 0 amide bonds. The molecule has 6 aromatic rings. The zero-order chi connectivity index (χ0) is 36.0. The maximum Gasteiger partial charge on any atom is 0.186 e. The molecule has 0 saturated heterocycles. The first-order chi connectivity index (χ1) is 25.0. The van der Waals surface area contributed by atoms with Crippen molar-refractivity contribution in [3.63, 3.8) is 0 Å². The Balaban J connectivity index is 1.54. The monoisotopic (exact) mass is 674 g/mol. The van der Waals surface area contributed by atoms with Gasteiger partial charge in [0.25, 0.3) is 0 Å². The minimum absolute atomic E-state index is 0.135. The van der Waals surface area contributed by atoms with Gasteiger partial charge in [0, 0.05) is 33.4 Å². The van der Waals surface area contributed by atoms with Crippen molar-refractivity contribution >= 4 is 22.6 Å². The summed E-state index contributed by atoms with van der Waals surface area (Å²) in [6, 6.07) is 43.4. The number of rotatable bonds is 2. The summed E-state index contributed by atoms with van der Waals surface area (Å²) in [5, 5.41) is 2.38. The van der Waals surface area contributed by atoms with Gasteiger partial charge in [0.05, 0.1) is 11.4 Å². The predicted molar refractivity (Wildman–Crippen MR) is 215 cm³/mol. The van der Waals surface area contributed by atoms with Crippen LogP contribution in [0.5, 0.6) is 0 Å². The van der Waals surface area contributed by atoms with E-state index in [1.807, 2.05) is 0 Å². The van der Waals surface area contributed by atoms with Crippen LogP contribution in [0.4, 0.5) is 0 Å². The second-order valence-electron chi connectivity index (χ2n) is 16.4. The number of fused-ring (bicyclic) bond motifs is 9. The van der Waals surface area contributed by atoms with Gasteiger partial charge < -0.3 is 4.57 Å². The van der Waals surface area contributed by atoms with Crippen molar-refractivity contribution in [1.29, 1.82) is 0 Å². The highest BCUT2D eigenvalue weighted by atomic mass is 16.1. The van der Waals surface area contributed by atoms with Crippen molar-refractivity contribution in [2.75, 3.05) is 0 Å². The Labute approximate surface area is 306 Å². The van der Waals surface area contributed by atoms with Crippen LogP contribution in [0.3, 0.4) is 0 Å². The predicted octanol–water partition coefficient (Wildman–Crippen LogP) is 12.0. The van der Waals surface area contributed by atoms with Crippen molar-refractivity contribution in [2.24, 2.45) is 10.8 Å². The normalized spacial score (nSPS) is 18.0. The second-order valence-corrected chi connectivity index (χ2v) is 16.4. The molecule has 1 atom stereocenters. The van der Waals surface area contributed by atoms with Crippen LogP contribution < -0.4 is 0 Å². The van der Waals surface area contributed by atoms with Gasteiger partial charge in [-0.05, 0) is 56.0 Å². The van der Waals surface area contributed by atoms with Gasteiger partial charge in [-0.3, -0.25) is 4.79 Å². The van der Waals surface area contributed by atoms with Gasteiger partial charge in [-0.2, -0.15) is 0 Å². The van der Waals surface area contributed by atoms with E-state index in [-0.39, 0.29) is 16.6 Å². The molecule has 52 heavy (non-hydrogen) atoms. The molecule has 0 N–H and O–H groups in total. The number of hydrogen-bond donors (Lipinski definition) is 0. The molecular formula is C49H42N2O. The highest BCUT2D eigenvalue weighted by molar-refractivity contribution is 6.12. The molecule has 254 valence electrons. The Bertz CT molecular complexity index is 2540. The number of carbonyl (C=O) groups is 1. The van der Waals surface area contributed by atoms with Crippen LogP contribution in [0.15, 0.2) is 162 Å². The quantitative estimate of drug-likeness (QED) is 0.183. The molecule has 0 saturated carbocycles. The lowest BCUT2D eigenvalue weighted by Gasteiger charge is -2.42. The van der Waals surface area contributed by atoms with Gasteiger partial charge in [-0.1, -0.05) is 175 Å². The lowest BCUT2D eigenvalue weighted by atomic mass is 9.66. The number of allylic oxidation sites excluding steroid dienone is 7. The molecule has 0 fully saturated rings. The van der Waals surface area contributed by atoms with Gasteiger partial charge >= 0.3 is 0 Å². The third-order valence-electron chi connectivity index (χ3n) is 11.0. The van der Waals surface area contributed by atoms with E-state index in [1.54, 1.807) is 0 Å². The van der Waals surface area contributed by atoms with Crippen LogP contribution in [0.1, 0.15) is 58.2 Å². The summed E-state index contributed by atoms with van der Waals surface area (Å²) >= 11 is 0. The lowest BCUT2D eigenvalue weighted by molar-refractivity contribution is -0.114.